The van der Waals surface area contributed by atoms with Gasteiger partial charge in [-0.25, -0.2) is 14.8 Å². The van der Waals surface area contributed by atoms with Crippen molar-refractivity contribution < 1.29 is 19.2 Å². The van der Waals surface area contributed by atoms with Crippen LogP contribution >= 0.6 is 0 Å². The fraction of sp³-hybridized carbons (Fsp3) is 0.240. The van der Waals surface area contributed by atoms with Crippen LogP contribution in [-0.2, 0) is 11.3 Å². The zero-order chi connectivity index (χ0) is 25.4. The van der Waals surface area contributed by atoms with Gasteiger partial charge < -0.3 is 10.1 Å². The number of carbonyl (C=O) groups excluding carboxylic acids is 2. The Morgan fingerprint density at radius 2 is 2.03 bits per heavy atom. The number of nitrogens with one attached hydrogen (secondary N) is 1. The number of benzene rings is 2. The molecule has 3 rings (SSSR count). The molecular formula is C25H23N5O5. The van der Waals surface area contributed by atoms with Crippen LogP contribution in [0.1, 0.15) is 58.0 Å². The topological polar surface area (TPSA) is 148 Å². The Hall–Kier alpha value is -4.65. The van der Waals surface area contributed by atoms with Gasteiger partial charge in [-0.1, -0.05) is 31.5 Å². The Morgan fingerprint density at radius 3 is 2.71 bits per heavy atom. The third kappa shape index (κ3) is 5.65. The number of hydrogen-bond acceptors (Lipinski definition) is 9. The molecule has 0 spiro atoms. The van der Waals surface area contributed by atoms with Gasteiger partial charge in [0, 0.05) is 36.4 Å². The van der Waals surface area contributed by atoms with Crippen LogP contribution in [0, 0.1) is 21.4 Å². The number of ketones is 1. The number of aromatic nitrogens is 2. The minimum atomic E-state index is -0.724. The Kier molecular flexibility index (Phi) is 8.19. The predicted octanol–water partition coefficient (Wildman–Crippen LogP) is 4.70. The average Bonchev–Trinajstić information content (AvgIpc) is 2.89. The first-order chi connectivity index (χ1) is 16.9. The summed E-state index contributed by atoms with van der Waals surface area (Å²) in [5, 5.41) is 23.9. The second-order valence-electron chi connectivity index (χ2n) is 7.60. The van der Waals surface area contributed by atoms with Crippen molar-refractivity contribution in [1.82, 2.24) is 9.97 Å². The Morgan fingerprint density at radius 1 is 1.23 bits per heavy atom. The van der Waals surface area contributed by atoms with Crippen LogP contribution in [0.2, 0.25) is 0 Å². The van der Waals surface area contributed by atoms with Crippen molar-refractivity contribution in [2.45, 2.75) is 32.7 Å². The molecule has 0 radical (unpaired) electrons. The molecule has 0 unspecified atom stereocenters. The molecule has 3 aromatic rings. The standard InChI is InChI=1S/C25H23N5O5/c1-3-4-8-22(31)20-11-16(23-18(12-26)13-27-15-29-23)9-10-17(20)14-28-24-19(25(32)35-2)6-5-7-21(24)30(33)34/h5-7,9-11,13,15,28H,3-4,8,14H2,1-2H3. The van der Waals surface area contributed by atoms with Gasteiger partial charge >= 0.3 is 5.97 Å². The van der Waals surface area contributed by atoms with Crippen molar-refractivity contribution in [1.29, 1.82) is 5.26 Å². The molecule has 0 fully saturated rings. The monoisotopic (exact) mass is 473 g/mol. The number of nitro benzene ring substituents is 1. The summed E-state index contributed by atoms with van der Waals surface area (Å²) in [5.41, 5.74) is 1.96. The summed E-state index contributed by atoms with van der Waals surface area (Å²) in [6.07, 6.45) is 4.58. The summed E-state index contributed by atoms with van der Waals surface area (Å²) < 4.78 is 4.76. The average molecular weight is 473 g/mol. The molecule has 0 aliphatic heterocycles. The van der Waals surface area contributed by atoms with Crippen molar-refractivity contribution >= 4 is 23.1 Å². The van der Waals surface area contributed by atoms with Crippen LogP contribution in [0.4, 0.5) is 11.4 Å². The maximum absolute atomic E-state index is 13.1. The molecule has 0 saturated carbocycles. The third-order valence-corrected chi connectivity index (χ3v) is 5.37. The molecule has 10 nitrogen and oxygen atoms in total. The van der Waals surface area contributed by atoms with E-state index in [9.17, 15) is 25.0 Å². The number of Topliss-reactive ketones (excluding diaryl/α,β-unsaturated/α-hetero) is 1. The van der Waals surface area contributed by atoms with Gasteiger partial charge in [0.1, 0.15) is 18.1 Å². The lowest BCUT2D eigenvalue weighted by Gasteiger charge is -2.15. The molecule has 0 aliphatic carbocycles. The summed E-state index contributed by atoms with van der Waals surface area (Å²) in [5.74, 6) is -0.826. The maximum atomic E-state index is 13.1. The number of nitro groups is 1. The minimum absolute atomic E-state index is 0.00273. The van der Waals surface area contributed by atoms with E-state index in [0.29, 0.717) is 35.2 Å². The summed E-state index contributed by atoms with van der Waals surface area (Å²) in [6.45, 7) is 2.02. The zero-order valence-corrected chi connectivity index (χ0v) is 19.3. The van der Waals surface area contributed by atoms with E-state index in [1.54, 1.807) is 18.2 Å². The van der Waals surface area contributed by atoms with Gasteiger partial charge in [0.25, 0.3) is 5.69 Å². The number of esters is 1. The second-order valence-corrected chi connectivity index (χ2v) is 7.60. The zero-order valence-electron chi connectivity index (χ0n) is 19.3. The normalized spacial score (nSPS) is 10.3. The Bertz CT molecular complexity index is 1320. The first-order valence-electron chi connectivity index (χ1n) is 10.9. The van der Waals surface area contributed by atoms with E-state index in [1.165, 1.54) is 37.8 Å². The van der Waals surface area contributed by atoms with E-state index in [2.05, 4.69) is 15.3 Å². The van der Waals surface area contributed by atoms with Gasteiger partial charge in [-0.3, -0.25) is 14.9 Å². The van der Waals surface area contributed by atoms with Crippen molar-refractivity contribution in [3.05, 3.63) is 81.3 Å². The van der Waals surface area contributed by atoms with E-state index in [0.717, 1.165) is 6.42 Å². The smallest absolute Gasteiger partial charge is 0.340 e. The van der Waals surface area contributed by atoms with E-state index in [4.69, 9.17) is 4.74 Å². The molecule has 178 valence electrons. The number of anilines is 1. The highest BCUT2D eigenvalue weighted by molar-refractivity contribution is 5.99. The van der Waals surface area contributed by atoms with Gasteiger partial charge in [-0.2, -0.15) is 5.26 Å². The van der Waals surface area contributed by atoms with Crippen LogP contribution in [0.5, 0.6) is 0 Å². The first kappa shape index (κ1) is 25.0. The third-order valence-electron chi connectivity index (χ3n) is 5.37. The van der Waals surface area contributed by atoms with Crippen molar-refractivity contribution in [2.24, 2.45) is 0 Å². The first-order valence-corrected chi connectivity index (χ1v) is 10.9. The number of nitriles is 1. The van der Waals surface area contributed by atoms with Crippen LogP contribution in [0.15, 0.2) is 48.9 Å². The number of ether oxygens (including phenoxy) is 1. The summed E-state index contributed by atoms with van der Waals surface area (Å²) in [4.78, 5) is 44.3. The highest BCUT2D eigenvalue weighted by Gasteiger charge is 2.23. The predicted molar refractivity (Wildman–Crippen MR) is 128 cm³/mol. The lowest BCUT2D eigenvalue weighted by Crippen LogP contribution is -2.13. The molecule has 35 heavy (non-hydrogen) atoms. The number of methoxy groups -OCH3 is 1. The number of nitrogens with zero attached hydrogens (tertiary/aromatic N) is 4. The van der Waals surface area contributed by atoms with Gasteiger partial charge in [-0.05, 0) is 24.1 Å². The molecule has 1 heterocycles. The van der Waals surface area contributed by atoms with Gasteiger partial charge in [0.2, 0.25) is 0 Å². The SMILES string of the molecule is CCCCC(=O)c1cc(-c2ncncc2C#N)ccc1CNc1c(C(=O)OC)cccc1[N+](=O)[O-]. The number of unbranched alkanes of at least 4 members (excludes halogenated alkanes) is 1. The van der Waals surface area contributed by atoms with Crippen molar-refractivity contribution in [3.63, 3.8) is 0 Å². The molecular weight excluding hydrogens is 450 g/mol. The molecule has 2 aromatic carbocycles. The molecule has 10 heteroatoms. The van der Waals surface area contributed by atoms with Crippen molar-refractivity contribution in [3.8, 4) is 17.3 Å². The van der Waals surface area contributed by atoms with E-state index < -0.39 is 10.9 Å². The van der Waals surface area contributed by atoms with E-state index in [1.807, 2.05) is 13.0 Å². The highest BCUT2D eigenvalue weighted by Crippen LogP contribution is 2.31. The van der Waals surface area contributed by atoms with E-state index >= 15 is 0 Å². The van der Waals surface area contributed by atoms with Crippen LogP contribution < -0.4 is 5.32 Å². The highest BCUT2D eigenvalue weighted by atomic mass is 16.6. The van der Waals surface area contributed by atoms with Crippen LogP contribution in [0.3, 0.4) is 0 Å². The molecule has 0 bridgehead atoms. The molecule has 0 atom stereocenters. The Balaban J connectivity index is 2.04. The summed E-state index contributed by atoms with van der Waals surface area (Å²) in [7, 11) is 1.19. The number of carbonyl (C=O) groups is 2. The molecule has 0 aliphatic rings. The number of hydrogen-bond donors (Lipinski definition) is 1. The molecule has 1 aromatic heterocycles. The lowest BCUT2D eigenvalue weighted by atomic mass is 9.95. The Labute approximate surface area is 201 Å². The quantitative estimate of drug-likeness (QED) is 0.191. The van der Waals surface area contributed by atoms with Gasteiger partial charge in [0.15, 0.2) is 5.78 Å². The maximum Gasteiger partial charge on any atom is 0.340 e. The number of rotatable bonds is 10. The summed E-state index contributed by atoms with van der Waals surface area (Å²) >= 11 is 0. The minimum Gasteiger partial charge on any atom is -0.465 e. The van der Waals surface area contributed by atoms with Gasteiger partial charge in [-0.15, -0.1) is 0 Å². The van der Waals surface area contributed by atoms with Crippen molar-refractivity contribution in [2.75, 3.05) is 12.4 Å². The molecule has 0 saturated heterocycles. The fourth-order valence-corrected chi connectivity index (χ4v) is 3.59. The molecule has 1 N–H and O–H groups in total. The number of para-hydroxylation sites is 1. The second kappa shape index (κ2) is 11.5. The summed E-state index contributed by atoms with van der Waals surface area (Å²) in [6, 6.07) is 11.2. The van der Waals surface area contributed by atoms with E-state index in [-0.39, 0.29) is 34.8 Å². The van der Waals surface area contributed by atoms with Gasteiger partial charge in [0.05, 0.1) is 28.9 Å². The van der Waals surface area contributed by atoms with Crippen LogP contribution in [-0.4, -0.2) is 33.8 Å². The largest absolute Gasteiger partial charge is 0.465 e. The van der Waals surface area contributed by atoms with Crippen LogP contribution in [0.25, 0.3) is 11.3 Å². The molecule has 0 amide bonds. The fourth-order valence-electron chi connectivity index (χ4n) is 3.59. The lowest BCUT2D eigenvalue weighted by molar-refractivity contribution is -0.384.